The number of hydrogen-bond donors (Lipinski definition) is 2. The van der Waals surface area contributed by atoms with Crippen LogP contribution in [-0.4, -0.2) is 49.6 Å². The summed E-state index contributed by atoms with van der Waals surface area (Å²) in [6.07, 6.45) is 4.07. The lowest BCUT2D eigenvalue weighted by atomic mass is 10.0. The summed E-state index contributed by atoms with van der Waals surface area (Å²) in [7, 11) is 0. The fourth-order valence-electron chi connectivity index (χ4n) is 2.72. The standard InChI is InChI=1S/C15H31N3O/c1-4-18(5-2)10-6-7-13(3)17-15(19)11-14-8-9-16-12-14/h13-14,16H,4-12H2,1-3H3,(H,17,19). The molecule has 1 heterocycles. The minimum Gasteiger partial charge on any atom is -0.354 e. The van der Waals surface area contributed by atoms with Crippen molar-refractivity contribution in [1.29, 1.82) is 0 Å². The number of nitrogens with zero attached hydrogens (tertiary/aromatic N) is 1. The normalized spacial score (nSPS) is 20.7. The molecular weight excluding hydrogens is 238 g/mol. The molecular formula is C15H31N3O. The number of carbonyl (C=O) groups is 1. The third-order valence-electron chi connectivity index (χ3n) is 4.05. The molecule has 1 saturated heterocycles. The highest BCUT2D eigenvalue weighted by Gasteiger charge is 2.18. The van der Waals surface area contributed by atoms with Gasteiger partial charge in [-0.15, -0.1) is 0 Å². The van der Waals surface area contributed by atoms with Gasteiger partial charge in [0.05, 0.1) is 0 Å². The molecule has 2 unspecified atom stereocenters. The SMILES string of the molecule is CCN(CC)CCCC(C)NC(=O)CC1CCNC1. The highest BCUT2D eigenvalue weighted by molar-refractivity contribution is 5.76. The van der Waals surface area contributed by atoms with Crippen molar-refractivity contribution >= 4 is 5.91 Å². The zero-order valence-electron chi connectivity index (χ0n) is 12.9. The first-order valence-corrected chi connectivity index (χ1v) is 7.88. The summed E-state index contributed by atoms with van der Waals surface area (Å²) < 4.78 is 0. The van der Waals surface area contributed by atoms with Crippen molar-refractivity contribution in [1.82, 2.24) is 15.5 Å². The van der Waals surface area contributed by atoms with Crippen molar-refractivity contribution in [2.24, 2.45) is 5.92 Å². The second-order valence-electron chi connectivity index (χ2n) is 5.70. The monoisotopic (exact) mass is 269 g/mol. The maximum Gasteiger partial charge on any atom is 0.220 e. The van der Waals surface area contributed by atoms with E-state index < -0.39 is 0 Å². The van der Waals surface area contributed by atoms with Gasteiger partial charge in [0.25, 0.3) is 0 Å². The molecule has 0 aliphatic carbocycles. The van der Waals surface area contributed by atoms with Crippen molar-refractivity contribution < 1.29 is 4.79 Å². The van der Waals surface area contributed by atoms with E-state index in [0.29, 0.717) is 18.4 Å². The minimum absolute atomic E-state index is 0.226. The lowest BCUT2D eigenvalue weighted by Gasteiger charge is -2.20. The van der Waals surface area contributed by atoms with Gasteiger partial charge in [0.1, 0.15) is 0 Å². The molecule has 0 aromatic heterocycles. The van der Waals surface area contributed by atoms with Crippen LogP contribution in [0, 0.1) is 5.92 Å². The Morgan fingerprint density at radius 1 is 1.42 bits per heavy atom. The molecule has 4 heteroatoms. The predicted octanol–water partition coefficient (Wildman–Crippen LogP) is 1.61. The molecule has 1 aliphatic rings. The van der Waals surface area contributed by atoms with E-state index >= 15 is 0 Å². The van der Waals surface area contributed by atoms with Crippen molar-refractivity contribution in [2.75, 3.05) is 32.7 Å². The summed E-state index contributed by atoms with van der Waals surface area (Å²) >= 11 is 0. The van der Waals surface area contributed by atoms with Gasteiger partial charge in [0, 0.05) is 12.5 Å². The molecule has 0 radical (unpaired) electrons. The maximum atomic E-state index is 11.9. The molecule has 1 fully saturated rings. The van der Waals surface area contributed by atoms with Gasteiger partial charge in [0.15, 0.2) is 0 Å². The first kappa shape index (κ1) is 16.4. The number of amides is 1. The molecule has 1 aliphatic heterocycles. The van der Waals surface area contributed by atoms with Gasteiger partial charge >= 0.3 is 0 Å². The molecule has 0 saturated carbocycles. The molecule has 1 amide bonds. The fraction of sp³-hybridized carbons (Fsp3) is 0.933. The first-order chi connectivity index (χ1) is 9.15. The first-order valence-electron chi connectivity index (χ1n) is 7.88. The molecule has 2 N–H and O–H groups in total. The lowest BCUT2D eigenvalue weighted by molar-refractivity contribution is -0.122. The van der Waals surface area contributed by atoms with E-state index in [0.717, 1.165) is 52.0 Å². The highest BCUT2D eigenvalue weighted by atomic mass is 16.1. The molecule has 2 atom stereocenters. The molecule has 0 spiro atoms. The Bertz CT molecular complexity index is 248. The van der Waals surface area contributed by atoms with Crippen LogP contribution in [0.25, 0.3) is 0 Å². The number of carbonyl (C=O) groups excluding carboxylic acids is 1. The van der Waals surface area contributed by atoms with E-state index in [-0.39, 0.29) is 5.91 Å². The Hall–Kier alpha value is -0.610. The second kappa shape index (κ2) is 9.32. The summed E-state index contributed by atoms with van der Waals surface area (Å²) in [4.78, 5) is 14.3. The molecule has 1 rings (SSSR count). The van der Waals surface area contributed by atoms with Crippen LogP contribution in [-0.2, 0) is 4.79 Å². The van der Waals surface area contributed by atoms with Crippen molar-refractivity contribution in [3.63, 3.8) is 0 Å². The largest absolute Gasteiger partial charge is 0.354 e. The van der Waals surface area contributed by atoms with Gasteiger partial charge in [-0.05, 0) is 64.8 Å². The van der Waals surface area contributed by atoms with E-state index in [4.69, 9.17) is 0 Å². The topological polar surface area (TPSA) is 44.4 Å². The molecule has 0 aromatic rings. The average Bonchev–Trinajstić information content (AvgIpc) is 2.87. The molecule has 0 aromatic carbocycles. The summed E-state index contributed by atoms with van der Waals surface area (Å²) in [6, 6.07) is 0.303. The van der Waals surface area contributed by atoms with Gasteiger partial charge in [-0.25, -0.2) is 0 Å². The lowest BCUT2D eigenvalue weighted by Crippen LogP contribution is -2.34. The summed E-state index contributed by atoms with van der Waals surface area (Å²) in [5.74, 6) is 0.770. The van der Waals surface area contributed by atoms with E-state index in [9.17, 15) is 4.79 Å². The second-order valence-corrected chi connectivity index (χ2v) is 5.70. The third-order valence-corrected chi connectivity index (χ3v) is 4.05. The Morgan fingerprint density at radius 3 is 2.74 bits per heavy atom. The van der Waals surface area contributed by atoms with Gasteiger partial charge in [0.2, 0.25) is 5.91 Å². The number of hydrogen-bond acceptors (Lipinski definition) is 3. The van der Waals surface area contributed by atoms with Crippen LogP contribution in [0.3, 0.4) is 0 Å². The zero-order chi connectivity index (χ0) is 14.1. The van der Waals surface area contributed by atoms with Crippen LogP contribution >= 0.6 is 0 Å². The summed E-state index contributed by atoms with van der Waals surface area (Å²) in [6.45, 7) is 12.0. The minimum atomic E-state index is 0.226. The Morgan fingerprint density at radius 2 is 2.16 bits per heavy atom. The zero-order valence-corrected chi connectivity index (χ0v) is 12.9. The number of rotatable bonds is 9. The van der Waals surface area contributed by atoms with Crippen LogP contribution in [0.2, 0.25) is 0 Å². The van der Waals surface area contributed by atoms with Crippen LogP contribution in [0.15, 0.2) is 0 Å². The Balaban J connectivity index is 2.08. The Labute approximate surface area is 118 Å². The van der Waals surface area contributed by atoms with Gasteiger partial charge in [-0.3, -0.25) is 4.79 Å². The fourth-order valence-corrected chi connectivity index (χ4v) is 2.72. The van der Waals surface area contributed by atoms with Gasteiger partial charge in [-0.2, -0.15) is 0 Å². The van der Waals surface area contributed by atoms with Crippen molar-refractivity contribution in [3.8, 4) is 0 Å². The maximum absolute atomic E-state index is 11.9. The van der Waals surface area contributed by atoms with E-state index in [2.05, 4.69) is 36.3 Å². The van der Waals surface area contributed by atoms with Gasteiger partial charge in [-0.1, -0.05) is 13.8 Å². The smallest absolute Gasteiger partial charge is 0.220 e. The van der Waals surface area contributed by atoms with Crippen molar-refractivity contribution in [3.05, 3.63) is 0 Å². The van der Waals surface area contributed by atoms with E-state index in [1.165, 1.54) is 0 Å². The van der Waals surface area contributed by atoms with Crippen LogP contribution < -0.4 is 10.6 Å². The predicted molar refractivity (Wildman–Crippen MR) is 80.2 cm³/mol. The molecule has 112 valence electrons. The van der Waals surface area contributed by atoms with E-state index in [1.54, 1.807) is 0 Å². The molecule has 4 nitrogen and oxygen atoms in total. The quantitative estimate of drug-likeness (QED) is 0.668. The molecule has 0 bridgehead atoms. The average molecular weight is 269 g/mol. The van der Waals surface area contributed by atoms with E-state index in [1.807, 2.05) is 0 Å². The molecule has 19 heavy (non-hydrogen) atoms. The van der Waals surface area contributed by atoms with Gasteiger partial charge < -0.3 is 15.5 Å². The van der Waals surface area contributed by atoms with Crippen molar-refractivity contribution in [2.45, 2.75) is 52.5 Å². The van der Waals surface area contributed by atoms with Crippen LogP contribution in [0.4, 0.5) is 0 Å². The highest BCUT2D eigenvalue weighted by Crippen LogP contribution is 2.12. The number of nitrogens with one attached hydrogen (secondary N) is 2. The third kappa shape index (κ3) is 6.92. The Kier molecular flexibility index (Phi) is 8.07. The van der Waals surface area contributed by atoms with Crippen LogP contribution in [0.1, 0.15) is 46.5 Å². The summed E-state index contributed by atoms with van der Waals surface area (Å²) in [5, 5.41) is 6.44. The van der Waals surface area contributed by atoms with Crippen LogP contribution in [0.5, 0.6) is 0 Å². The summed E-state index contributed by atoms with van der Waals surface area (Å²) in [5.41, 5.74) is 0.